The number of nitrogens with zero attached hydrogens (tertiary/aromatic N) is 3. The molecular weight excluding hydrogens is 334 g/mol. The van der Waals surface area contributed by atoms with E-state index in [9.17, 15) is 4.79 Å². The maximum atomic E-state index is 12.1. The van der Waals surface area contributed by atoms with Crippen molar-refractivity contribution in [2.45, 2.75) is 19.4 Å². The Hall–Kier alpha value is -3.03. The van der Waals surface area contributed by atoms with Crippen molar-refractivity contribution >= 4 is 17.5 Å². The molecule has 2 amide bonds. The molecule has 0 radical (unpaired) electrons. The highest BCUT2D eigenvalue weighted by Crippen LogP contribution is 2.32. The van der Waals surface area contributed by atoms with E-state index in [4.69, 9.17) is 9.47 Å². The summed E-state index contributed by atoms with van der Waals surface area (Å²) in [5.74, 6) is 2.83. The molecule has 0 atom stereocenters. The van der Waals surface area contributed by atoms with E-state index in [1.165, 1.54) is 12.8 Å². The Balaban J connectivity index is 1.33. The van der Waals surface area contributed by atoms with Gasteiger partial charge in [-0.15, -0.1) is 0 Å². The zero-order chi connectivity index (χ0) is 17.8. The second kappa shape index (κ2) is 7.47. The number of carbonyl (C=O) groups excluding carboxylic acids is 1. The Morgan fingerprint density at radius 1 is 1.12 bits per heavy atom. The average molecular weight is 355 g/mol. The third-order valence-electron chi connectivity index (χ3n) is 4.33. The van der Waals surface area contributed by atoms with Gasteiger partial charge in [-0.3, -0.25) is 0 Å². The molecule has 0 aliphatic carbocycles. The molecule has 2 aliphatic heterocycles. The number of hydrogen-bond acceptors (Lipinski definition) is 6. The topological polar surface area (TPSA) is 88.6 Å². The first-order chi connectivity index (χ1) is 12.8. The maximum Gasteiger partial charge on any atom is 0.319 e. The van der Waals surface area contributed by atoms with Crippen molar-refractivity contribution < 1.29 is 14.3 Å². The molecule has 26 heavy (non-hydrogen) atoms. The summed E-state index contributed by atoms with van der Waals surface area (Å²) in [6.45, 7) is 3.35. The van der Waals surface area contributed by atoms with Gasteiger partial charge in [0.25, 0.3) is 0 Å². The fourth-order valence-electron chi connectivity index (χ4n) is 3.05. The molecule has 0 unspecified atom stereocenters. The first-order valence-electron chi connectivity index (χ1n) is 8.79. The molecule has 0 bridgehead atoms. The molecule has 0 saturated carbocycles. The highest BCUT2D eigenvalue weighted by atomic mass is 16.6. The molecule has 0 spiro atoms. The Bertz CT molecular complexity index is 792. The van der Waals surface area contributed by atoms with Crippen molar-refractivity contribution in [3.05, 3.63) is 36.3 Å². The van der Waals surface area contributed by atoms with Crippen LogP contribution in [0.15, 0.2) is 30.5 Å². The monoisotopic (exact) mass is 355 g/mol. The molecule has 3 heterocycles. The largest absolute Gasteiger partial charge is 0.486 e. The minimum atomic E-state index is -0.322. The lowest BCUT2D eigenvalue weighted by atomic mass is 10.2. The normalized spacial score (nSPS) is 15.6. The Labute approximate surface area is 151 Å². The van der Waals surface area contributed by atoms with Crippen molar-refractivity contribution in [2.24, 2.45) is 0 Å². The fraction of sp³-hybridized carbons (Fsp3) is 0.389. The summed E-state index contributed by atoms with van der Waals surface area (Å²) in [5, 5.41) is 5.56. The number of benzene rings is 1. The Morgan fingerprint density at radius 3 is 2.77 bits per heavy atom. The number of fused-ring (bicyclic) bond motifs is 1. The molecule has 1 aromatic heterocycles. The van der Waals surface area contributed by atoms with E-state index >= 15 is 0 Å². The summed E-state index contributed by atoms with van der Waals surface area (Å²) in [4.78, 5) is 23.1. The SMILES string of the molecule is O=C(NCc1nccc(N2CCCC2)n1)Nc1ccc2c(c1)OCCO2. The van der Waals surface area contributed by atoms with Gasteiger partial charge in [0.05, 0.1) is 6.54 Å². The van der Waals surface area contributed by atoms with Gasteiger partial charge >= 0.3 is 6.03 Å². The lowest BCUT2D eigenvalue weighted by Crippen LogP contribution is -2.29. The van der Waals surface area contributed by atoms with E-state index in [0.717, 1.165) is 18.9 Å². The van der Waals surface area contributed by atoms with Crippen LogP contribution in [-0.2, 0) is 6.54 Å². The lowest BCUT2D eigenvalue weighted by molar-refractivity contribution is 0.171. The van der Waals surface area contributed by atoms with E-state index in [0.29, 0.717) is 36.2 Å². The molecule has 1 aromatic carbocycles. The second-order valence-corrected chi connectivity index (χ2v) is 6.19. The zero-order valence-electron chi connectivity index (χ0n) is 14.4. The van der Waals surface area contributed by atoms with Gasteiger partial charge in [0, 0.05) is 31.0 Å². The van der Waals surface area contributed by atoms with E-state index in [-0.39, 0.29) is 12.6 Å². The molecule has 1 saturated heterocycles. The summed E-state index contributed by atoms with van der Waals surface area (Å²) < 4.78 is 11.0. The third kappa shape index (κ3) is 3.79. The number of nitrogens with one attached hydrogen (secondary N) is 2. The predicted molar refractivity (Wildman–Crippen MR) is 96.8 cm³/mol. The van der Waals surface area contributed by atoms with Crippen LogP contribution < -0.4 is 25.0 Å². The fourth-order valence-corrected chi connectivity index (χ4v) is 3.05. The van der Waals surface area contributed by atoms with Crippen molar-refractivity contribution in [3.63, 3.8) is 0 Å². The van der Waals surface area contributed by atoms with Crippen LogP contribution in [0.4, 0.5) is 16.3 Å². The number of hydrogen-bond donors (Lipinski definition) is 2. The van der Waals surface area contributed by atoms with Crippen LogP contribution in [-0.4, -0.2) is 42.3 Å². The summed E-state index contributed by atoms with van der Waals surface area (Å²) in [6.07, 6.45) is 4.11. The van der Waals surface area contributed by atoms with Gasteiger partial charge in [0.1, 0.15) is 24.9 Å². The molecule has 1 fully saturated rings. The number of amides is 2. The smallest absolute Gasteiger partial charge is 0.319 e. The van der Waals surface area contributed by atoms with Crippen LogP contribution in [0.25, 0.3) is 0 Å². The van der Waals surface area contributed by atoms with Crippen molar-refractivity contribution in [1.29, 1.82) is 0 Å². The van der Waals surface area contributed by atoms with Crippen LogP contribution in [0.5, 0.6) is 11.5 Å². The van der Waals surface area contributed by atoms with Crippen LogP contribution >= 0.6 is 0 Å². The standard InChI is InChI=1S/C18H21N5O3/c24-18(21-13-3-4-14-15(11-13)26-10-9-25-14)20-12-16-19-6-5-17(22-16)23-7-1-2-8-23/h3-6,11H,1-2,7-10,12H2,(H2,20,21,24). The average Bonchev–Trinajstić information content (AvgIpc) is 3.21. The highest BCUT2D eigenvalue weighted by Gasteiger charge is 2.15. The van der Waals surface area contributed by atoms with E-state index in [2.05, 4.69) is 25.5 Å². The maximum absolute atomic E-state index is 12.1. The van der Waals surface area contributed by atoms with E-state index in [1.54, 1.807) is 24.4 Å². The van der Waals surface area contributed by atoms with Crippen LogP contribution in [0.3, 0.4) is 0 Å². The van der Waals surface area contributed by atoms with Gasteiger partial charge in [0.2, 0.25) is 0 Å². The Kier molecular flexibility index (Phi) is 4.72. The summed E-state index contributed by atoms with van der Waals surface area (Å²) in [7, 11) is 0. The molecule has 8 nitrogen and oxygen atoms in total. The summed E-state index contributed by atoms with van der Waals surface area (Å²) >= 11 is 0. The molecule has 136 valence electrons. The number of anilines is 2. The first kappa shape index (κ1) is 16.4. The van der Waals surface area contributed by atoms with Gasteiger partial charge in [-0.25, -0.2) is 14.8 Å². The molecule has 8 heteroatoms. The van der Waals surface area contributed by atoms with Crippen LogP contribution in [0.2, 0.25) is 0 Å². The van der Waals surface area contributed by atoms with Gasteiger partial charge < -0.3 is 25.0 Å². The first-order valence-corrected chi connectivity index (χ1v) is 8.79. The predicted octanol–water partition coefficient (Wildman–Crippen LogP) is 2.17. The zero-order valence-corrected chi connectivity index (χ0v) is 14.4. The minimum Gasteiger partial charge on any atom is -0.486 e. The van der Waals surface area contributed by atoms with Crippen LogP contribution in [0, 0.1) is 0 Å². The minimum absolute atomic E-state index is 0.262. The van der Waals surface area contributed by atoms with Crippen molar-refractivity contribution in [2.75, 3.05) is 36.5 Å². The highest BCUT2D eigenvalue weighted by molar-refractivity contribution is 5.89. The number of carbonyl (C=O) groups is 1. The van der Waals surface area contributed by atoms with Crippen LogP contribution in [0.1, 0.15) is 18.7 Å². The third-order valence-corrected chi connectivity index (χ3v) is 4.33. The molecule has 4 rings (SSSR count). The Morgan fingerprint density at radius 2 is 1.92 bits per heavy atom. The number of rotatable bonds is 4. The van der Waals surface area contributed by atoms with Gasteiger partial charge in [-0.2, -0.15) is 0 Å². The number of ether oxygens (including phenoxy) is 2. The van der Waals surface area contributed by atoms with Gasteiger partial charge in [-0.1, -0.05) is 0 Å². The molecular formula is C18H21N5O3. The number of urea groups is 1. The molecule has 2 aromatic rings. The summed E-state index contributed by atoms with van der Waals surface area (Å²) in [5.41, 5.74) is 0.637. The molecule has 2 N–H and O–H groups in total. The second-order valence-electron chi connectivity index (χ2n) is 6.19. The quantitative estimate of drug-likeness (QED) is 0.874. The van der Waals surface area contributed by atoms with Crippen molar-refractivity contribution in [3.8, 4) is 11.5 Å². The van der Waals surface area contributed by atoms with Gasteiger partial charge in [-0.05, 0) is 31.0 Å². The summed E-state index contributed by atoms with van der Waals surface area (Å²) in [6, 6.07) is 6.89. The lowest BCUT2D eigenvalue weighted by Gasteiger charge is -2.19. The van der Waals surface area contributed by atoms with E-state index < -0.39 is 0 Å². The molecule has 2 aliphatic rings. The van der Waals surface area contributed by atoms with Crippen molar-refractivity contribution in [1.82, 2.24) is 15.3 Å². The van der Waals surface area contributed by atoms with E-state index in [1.807, 2.05) is 6.07 Å². The number of aromatic nitrogens is 2. The van der Waals surface area contributed by atoms with Gasteiger partial charge in [0.15, 0.2) is 11.5 Å².